The summed E-state index contributed by atoms with van der Waals surface area (Å²) in [5.74, 6) is -0.129. The number of benzene rings is 1. The highest BCUT2D eigenvalue weighted by Crippen LogP contribution is 2.41. The zero-order chi connectivity index (χ0) is 23.8. The minimum atomic E-state index is -0.584. The van der Waals surface area contributed by atoms with E-state index in [1.54, 1.807) is 37.5 Å². The van der Waals surface area contributed by atoms with Crippen molar-refractivity contribution in [3.63, 3.8) is 0 Å². The summed E-state index contributed by atoms with van der Waals surface area (Å²) in [6.07, 6.45) is 3.92. The molecule has 3 rings (SSSR count). The van der Waals surface area contributed by atoms with E-state index in [0.717, 1.165) is 18.4 Å². The number of piperidine rings is 1. The molecule has 0 bridgehead atoms. The number of carbonyl (C=O) groups excluding carboxylic acids is 3. The van der Waals surface area contributed by atoms with Gasteiger partial charge in [-0.25, -0.2) is 0 Å². The molecule has 0 saturated carbocycles. The topological polar surface area (TPSA) is 89.3 Å². The van der Waals surface area contributed by atoms with Crippen molar-refractivity contribution < 1.29 is 28.3 Å². The minimum Gasteiger partial charge on any atom is -0.496 e. The molecule has 33 heavy (non-hydrogen) atoms. The Morgan fingerprint density at radius 1 is 1.21 bits per heavy atom. The van der Waals surface area contributed by atoms with Gasteiger partial charge in [0.25, 0.3) is 5.91 Å². The fourth-order valence-electron chi connectivity index (χ4n) is 4.16. The third-order valence-corrected chi connectivity index (χ3v) is 5.96. The number of likely N-dealkylation sites (tertiary alicyclic amines) is 1. The molecule has 1 saturated heterocycles. The van der Waals surface area contributed by atoms with E-state index < -0.39 is 17.9 Å². The van der Waals surface area contributed by atoms with E-state index in [4.69, 9.17) is 13.9 Å². The summed E-state index contributed by atoms with van der Waals surface area (Å²) in [5.41, 5.74) is 0.771. The maximum atomic E-state index is 13.2. The number of likely N-dealkylation sites (N-methyl/N-ethyl adjacent to an activating group) is 1. The largest absolute Gasteiger partial charge is 0.496 e. The molecule has 0 spiro atoms. The van der Waals surface area contributed by atoms with Crippen LogP contribution in [0, 0.1) is 5.92 Å². The zero-order valence-corrected chi connectivity index (χ0v) is 19.5. The van der Waals surface area contributed by atoms with Gasteiger partial charge in [-0.1, -0.05) is 31.5 Å². The van der Waals surface area contributed by atoms with Crippen molar-refractivity contribution in [3.8, 4) is 5.75 Å². The number of para-hydroxylation sites is 1. The predicted molar refractivity (Wildman–Crippen MR) is 121 cm³/mol. The number of esters is 1. The maximum Gasteiger partial charge on any atom is 0.311 e. The first kappa shape index (κ1) is 24.4. The Labute approximate surface area is 194 Å². The monoisotopic (exact) mass is 456 g/mol. The quantitative estimate of drug-likeness (QED) is 0.508. The third-order valence-electron chi connectivity index (χ3n) is 5.96. The number of rotatable bonds is 10. The van der Waals surface area contributed by atoms with Crippen molar-refractivity contribution in [1.82, 2.24) is 9.80 Å². The number of ether oxygens (including phenoxy) is 2. The van der Waals surface area contributed by atoms with Crippen molar-refractivity contribution in [1.29, 1.82) is 0 Å². The second-order valence-electron chi connectivity index (χ2n) is 8.21. The van der Waals surface area contributed by atoms with E-state index in [9.17, 15) is 14.4 Å². The molecule has 1 aromatic heterocycles. The van der Waals surface area contributed by atoms with Crippen molar-refractivity contribution in [3.05, 3.63) is 54.0 Å². The number of methoxy groups -OCH3 is 1. The number of carbonyl (C=O) groups is 3. The Morgan fingerprint density at radius 2 is 2.00 bits per heavy atom. The first-order valence-electron chi connectivity index (χ1n) is 11.3. The fourth-order valence-corrected chi connectivity index (χ4v) is 4.16. The Hall–Kier alpha value is -3.29. The smallest absolute Gasteiger partial charge is 0.311 e. The van der Waals surface area contributed by atoms with Gasteiger partial charge in [0.15, 0.2) is 6.61 Å². The first-order chi connectivity index (χ1) is 16.0. The third kappa shape index (κ3) is 5.94. The number of hydrogen-bond acceptors (Lipinski definition) is 6. The van der Waals surface area contributed by atoms with Crippen LogP contribution in [0.4, 0.5) is 0 Å². The van der Waals surface area contributed by atoms with Gasteiger partial charge in [-0.05, 0) is 31.0 Å². The summed E-state index contributed by atoms with van der Waals surface area (Å²) in [7, 11) is 3.20. The van der Waals surface area contributed by atoms with Crippen LogP contribution in [0.3, 0.4) is 0 Å². The van der Waals surface area contributed by atoms with E-state index in [-0.39, 0.29) is 31.4 Å². The minimum absolute atomic E-state index is 0.0117. The summed E-state index contributed by atoms with van der Waals surface area (Å²) >= 11 is 0. The molecule has 8 nitrogen and oxygen atoms in total. The molecule has 1 aliphatic heterocycles. The van der Waals surface area contributed by atoms with Gasteiger partial charge in [0.1, 0.15) is 11.5 Å². The van der Waals surface area contributed by atoms with Crippen LogP contribution >= 0.6 is 0 Å². The van der Waals surface area contributed by atoms with Crippen LogP contribution in [0.5, 0.6) is 5.75 Å². The van der Waals surface area contributed by atoms with Crippen LogP contribution in [-0.2, 0) is 25.7 Å². The summed E-state index contributed by atoms with van der Waals surface area (Å²) in [5, 5.41) is 0. The lowest BCUT2D eigenvalue weighted by Gasteiger charge is -2.40. The number of hydrogen-bond donors (Lipinski definition) is 0. The Morgan fingerprint density at radius 3 is 2.70 bits per heavy atom. The van der Waals surface area contributed by atoms with Crippen LogP contribution in [0.25, 0.3) is 0 Å². The molecule has 0 aliphatic carbocycles. The van der Waals surface area contributed by atoms with Crippen LogP contribution in [0.2, 0.25) is 0 Å². The molecular weight excluding hydrogens is 424 g/mol. The molecule has 1 fully saturated rings. The van der Waals surface area contributed by atoms with Crippen molar-refractivity contribution >= 4 is 17.8 Å². The van der Waals surface area contributed by atoms with Gasteiger partial charge in [-0.15, -0.1) is 0 Å². The van der Waals surface area contributed by atoms with Crippen LogP contribution in [-0.4, -0.2) is 54.9 Å². The second kappa shape index (κ2) is 11.5. The second-order valence-corrected chi connectivity index (χ2v) is 8.21. The molecule has 2 atom stereocenters. The molecule has 1 aromatic carbocycles. The molecular formula is C25H32N2O6. The Balaban J connectivity index is 1.75. The summed E-state index contributed by atoms with van der Waals surface area (Å²) in [6.45, 7) is 2.53. The number of unbranched alkanes of at least 4 members (excludes halogenated alkanes) is 1. The molecule has 0 radical (unpaired) electrons. The average Bonchev–Trinajstić information content (AvgIpc) is 3.34. The van der Waals surface area contributed by atoms with E-state index in [0.29, 0.717) is 24.5 Å². The average molecular weight is 457 g/mol. The lowest BCUT2D eigenvalue weighted by molar-refractivity contribution is -0.161. The number of amides is 2. The first-order valence-corrected chi connectivity index (χ1v) is 11.3. The normalized spacial score (nSPS) is 18.2. The van der Waals surface area contributed by atoms with E-state index in [1.165, 1.54) is 4.90 Å². The van der Waals surface area contributed by atoms with Crippen molar-refractivity contribution in [2.75, 3.05) is 27.3 Å². The van der Waals surface area contributed by atoms with Gasteiger partial charge in [-0.3, -0.25) is 14.4 Å². The Bertz CT molecular complexity index is 942. The van der Waals surface area contributed by atoms with Crippen LogP contribution in [0.1, 0.15) is 50.0 Å². The summed E-state index contributed by atoms with van der Waals surface area (Å²) < 4.78 is 16.3. The lowest BCUT2D eigenvalue weighted by Crippen LogP contribution is -2.46. The van der Waals surface area contributed by atoms with E-state index in [1.807, 2.05) is 24.3 Å². The predicted octanol–water partition coefficient (Wildman–Crippen LogP) is 3.57. The molecule has 1 aliphatic rings. The van der Waals surface area contributed by atoms with Gasteiger partial charge in [-0.2, -0.15) is 0 Å². The van der Waals surface area contributed by atoms with Gasteiger partial charge >= 0.3 is 5.97 Å². The lowest BCUT2D eigenvalue weighted by atomic mass is 9.83. The van der Waals surface area contributed by atoms with Gasteiger partial charge in [0.05, 0.1) is 31.9 Å². The number of furan rings is 1. The highest BCUT2D eigenvalue weighted by Gasteiger charge is 2.42. The molecule has 2 heterocycles. The fraction of sp³-hybridized carbons (Fsp3) is 0.480. The maximum absolute atomic E-state index is 13.2. The van der Waals surface area contributed by atoms with Gasteiger partial charge in [0, 0.05) is 25.6 Å². The highest BCUT2D eigenvalue weighted by atomic mass is 16.5. The molecule has 2 aromatic rings. The summed E-state index contributed by atoms with van der Waals surface area (Å²) in [4.78, 5) is 41.7. The van der Waals surface area contributed by atoms with E-state index >= 15 is 0 Å². The Kier molecular flexibility index (Phi) is 8.52. The van der Waals surface area contributed by atoms with Crippen LogP contribution < -0.4 is 4.74 Å². The molecule has 0 N–H and O–H groups in total. The number of nitrogens with zero attached hydrogens (tertiary/aromatic N) is 2. The molecule has 8 heteroatoms. The standard InChI is InChI=1S/C25H32N2O6/c1-4-5-14-27-22(28)13-12-20(24(27)19-10-6-7-11-21(19)31-3)25(30)33-17-23(29)26(2)16-18-9-8-15-32-18/h6-11,15,20,24H,4-5,12-14,16-17H2,1-3H3. The summed E-state index contributed by atoms with van der Waals surface area (Å²) in [6, 6.07) is 10.4. The van der Waals surface area contributed by atoms with Crippen molar-refractivity contribution in [2.24, 2.45) is 5.92 Å². The van der Waals surface area contributed by atoms with Crippen molar-refractivity contribution in [2.45, 2.75) is 45.2 Å². The molecule has 2 unspecified atom stereocenters. The van der Waals surface area contributed by atoms with E-state index in [2.05, 4.69) is 6.92 Å². The molecule has 2 amide bonds. The zero-order valence-electron chi connectivity index (χ0n) is 19.5. The van der Waals surface area contributed by atoms with Gasteiger partial charge < -0.3 is 23.7 Å². The highest BCUT2D eigenvalue weighted by molar-refractivity contribution is 5.84. The van der Waals surface area contributed by atoms with Crippen LogP contribution in [0.15, 0.2) is 47.1 Å². The van der Waals surface area contributed by atoms with Gasteiger partial charge in [0.2, 0.25) is 5.91 Å². The molecule has 178 valence electrons. The SMILES string of the molecule is CCCCN1C(=O)CCC(C(=O)OCC(=O)N(C)Cc2ccco2)C1c1ccccc1OC.